The lowest BCUT2D eigenvalue weighted by Gasteiger charge is -2.27. The van der Waals surface area contributed by atoms with E-state index in [0.29, 0.717) is 17.2 Å². The number of nitrogen functional groups attached to an aromatic ring is 1. The first-order valence-corrected chi connectivity index (χ1v) is 8.92. The fourth-order valence-corrected chi connectivity index (χ4v) is 3.28. The van der Waals surface area contributed by atoms with Gasteiger partial charge in [-0.3, -0.25) is 4.18 Å². The number of anilines is 1. The van der Waals surface area contributed by atoms with E-state index in [1.807, 2.05) is 13.8 Å². The number of fused-ring (bicyclic) bond motifs is 1. The molecule has 0 spiro atoms. The van der Waals surface area contributed by atoms with Crippen molar-refractivity contribution < 1.29 is 22.1 Å². The van der Waals surface area contributed by atoms with Crippen molar-refractivity contribution >= 4 is 15.8 Å². The van der Waals surface area contributed by atoms with Crippen molar-refractivity contribution in [1.82, 2.24) is 0 Å². The molecule has 24 heavy (non-hydrogen) atoms. The molecule has 0 aliphatic carbocycles. The molecule has 2 aromatic carbocycles. The molecular weight excluding hydrogens is 330 g/mol. The number of hydrogen-bond acceptors (Lipinski definition) is 6. The molecule has 6 nitrogen and oxygen atoms in total. The van der Waals surface area contributed by atoms with Gasteiger partial charge in [-0.1, -0.05) is 17.7 Å². The van der Waals surface area contributed by atoms with Gasteiger partial charge in [0.25, 0.3) is 10.1 Å². The van der Waals surface area contributed by atoms with Crippen LogP contribution in [0.1, 0.15) is 11.1 Å². The van der Waals surface area contributed by atoms with Crippen LogP contribution in [0.2, 0.25) is 0 Å². The predicted octanol–water partition coefficient (Wildman–Crippen LogP) is 2.43. The van der Waals surface area contributed by atoms with Crippen molar-refractivity contribution in [2.24, 2.45) is 0 Å². The zero-order chi connectivity index (χ0) is 17.3. The number of ether oxygens (including phenoxy) is 2. The second kappa shape index (κ2) is 6.33. The summed E-state index contributed by atoms with van der Waals surface area (Å²) in [5, 5.41) is 0. The molecule has 1 aliphatic heterocycles. The minimum absolute atomic E-state index is 0.116. The van der Waals surface area contributed by atoms with E-state index in [9.17, 15) is 8.42 Å². The average molecular weight is 349 g/mol. The monoisotopic (exact) mass is 349 g/mol. The highest BCUT2D eigenvalue weighted by Gasteiger charge is 2.26. The van der Waals surface area contributed by atoms with Crippen LogP contribution in [0, 0.1) is 13.8 Å². The number of aryl methyl sites for hydroxylation is 1. The summed E-state index contributed by atoms with van der Waals surface area (Å²) in [6.45, 7) is 3.78. The second-order valence-electron chi connectivity index (χ2n) is 5.71. The molecule has 1 heterocycles. The number of hydrogen-bond donors (Lipinski definition) is 1. The molecule has 3 rings (SSSR count). The summed E-state index contributed by atoms with van der Waals surface area (Å²) in [5.41, 5.74) is 8.18. The third-order valence-corrected chi connectivity index (χ3v) is 5.14. The van der Waals surface area contributed by atoms with Gasteiger partial charge >= 0.3 is 0 Å². The van der Waals surface area contributed by atoms with Gasteiger partial charge in [0.2, 0.25) is 0 Å². The Morgan fingerprint density at radius 2 is 1.88 bits per heavy atom. The zero-order valence-electron chi connectivity index (χ0n) is 13.5. The van der Waals surface area contributed by atoms with Crippen LogP contribution >= 0.6 is 0 Å². The second-order valence-corrected chi connectivity index (χ2v) is 7.32. The fraction of sp³-hybridized carbons (Fsp3) is 0.294. The SMILES string of the molecule is Cc1ccc(S(=O)(=O)OCC2COc3ccc(N)c(C)c3O2)cc1. The summed E-state index contributed by atoms with van der Waals surface area (Å²) in [6.07, 6.45) is -0.529. The lowest BCUT2D eigenvalue weighted by atomic mass is 10.1. The minimum Gasteiger partial charge on any atom is -0.486 e. The molecular formula is C17H19NO5S. The Balaban J connectivity index is 1.69. The number of rotatable bonds is 4. The van der Waals surface area contributed by atoms with Gasteiger partial charge in [0.1, 0.15) is 13.2 Å². The lowest BCUT2D eigenvalue weighted by molar-refractivity contribution is 0.0549. The smallest absolute Gasteiger partial charge is 0.297 e. The van der Waals surface area contributed by atoms with Crippen molar-refractivity contribution in [2.45, 2.75) is 24.8 Å². The van der Waals surface area contributed by atoms with Gasteiger partial charge in [-0.15, -0.1) is 0 Å². The molecule has 1 atom stereocenters. The van der Waals surface area contributed by atoms with Gasteiger partial charge in [-0.2, -0.15) is 8.42 Å². The van der Waals surface area contributed by atoms with Crippen LogP contribution in [0.4, 0.5) is 5.69 Å². The highest BCUT2D eigenvalue weighted by molar-refractivity contribution is 7.86. The maximum absolute atomic E-state index is 12.2. The zero-order valence-corrected chi connectivity index (χ0v) is 14.3. The minimum atomic E-state index is -3.83. The highest BCUT2D eigenvalue weighted by Crippen LogP contribution is 2.37. The quantitative estimate of drug-likeness (QED) is 0.674. The van der Waals surface area contributed by atoms with Gasteiger partial charge in [0.15, 0.2) is 17.6 Å². The van der Waals surface area contributed by atoms with Crippen LogP contribution in [0.3, 0.4) is 0 Å². The number of benzene rings is 2. The van der Waals surface area contributed by atoms with Gasteiger partial charge in [-0.25, -0.2) is 0 Å². The van der Waals surface area contributed by atoms with Crippen LogP contribution in [-0.4, -0.2) is 27.7 Å². The average Bonchev–Trinajstić information content (AvgIpc) is 2.57. The van der Waals surface area contributed by atoms with E-state index >= 15 is 0 Å². The van der Waals surface area contributed by atoms with Crippen LogP contribution < -0.4 is 15.2 Å². The topological polar surface area (TPSA) is 87.9 Å². The van der Waals surface area contributed by atoms with E-state index in [-0.39, 0.29) is 18.1 Å². The summed E-state index contributed by atoms with van der Waals surface area (Å²) in [6, 6.07) is 9.96. The summed E-state index contributed by atoms with van der Waals surface area (Å²) >= 11 is 0. The van der Waals surface area contributed by atoms with Crippen LogP contribution in [0.25, 0.3) is 0 Å². The van der Waals surface area contributed by atoms with Crippen molar-refractivity contribution in [3.05, 3.63) is 47.5 Å². The summed E-state index contributed by atoms with van der Waals surface area (Å²) in [7, 11) is -3.83. The predicted molar refractivity (Wildman–Crippen MR) is 89.8 cm³/mol. The van der Waals surface area contributed by atoms with Crippen LogP contribution in [-0.2, 0) is 14.3 Å². The highest BCUT2D eigenvalue weighted by atomic mass is 32.2. The molecule has 128 valence electrons. The molecule has 0 amide bonds. The Bertz CT molecular complexity index is 846. The molecule has 0 saturated carbocycles. The van der Waals surface area contributed by atoms with Gasteiger partial charge < -0.3 is 15.2 Å². The first-order valence-electron chi connectivity index (χ1n) is 7.51. The molecule has 0 radical (unpaired) electrons. The van der Waals surface area contributed by atoms with Crippen LogP contribution in [0.5, 0.6) is 11.5 Å². The largest absolute Gasteiger partial charge is 0.486 e. The Kier molecular flexibility index (Phi) is 4.38. The maximum atomic E-state index is 12.2. The Morgan fingerprint density at radius 1 is 1.17 bits per heavy atom. The van der Waals surface area contributed by atoms with Gasteiger partial charge in [0.05, 0.1) is 4.90 Å². The summed E-state index contributed by atoms with van der Waals surface area (Å²) in [5.74, 6) is 1.13. The third-order valence-electron chi connectivity index (χ3n) is 3.84. The van der Waals surface area contributed by atoms with Crippen molar-refractivity contribution in [3.8, 4) is 11.5 Å². The molecule has 1 aliphatic rings. The molecule has 2 N–H and O–H groups in total. The first kappa shape index (κ1) is 16.6. The Labute approximate surface area is 141 Å². The van der Waals surface area contributed by atoms with E-state index < -0.39 is 16.2 Å². The molecule has 0 saturated heterocycles. The van der Waals surface area contributed by atoms with Crippen molar-refractivity contribution in [3.63, 3.8) is 0 Å². The normalized spacial score (nSPS) is 16.8. The molecule has 0 bridgehead atoms. The van der Waals surface area contributed by atoms with Crippen molar-refractivity contribution in [2.75, 3.05) is 18.9 Å². The molecule has 7 heteroatoms. The van der Waals surface area contributed by atoms with Crippen molar-refractivity contribution in [1.29, 1.82) is 0 Å². The van der Waals surface area contributed by atoms with E-state index in [1.165, 1.54) is 12.1 Å². The van der Waals surface area contributed by atoms with Crippen LogP contribution in [0.15, 0.2) is 41.3 Å². The standard InChI is InChI=1S/C17H19NO5S/c1-11-3-5-14(6-4-11)24(19,20)22-10-13-9-21-16-8-7-15(18)12(2)17(16)23-13/h3-8,13H,9-10,18H2,1-2H3. The lowest BCUT2D eigenvalue weighted by Crippen LogP contribution is -2.34. The van der Waals surface area contributed by atoms with Gasteiger partial charge in [0, 0.05) is 11.3 Å². The van der Waals surface area contributed by atoms with Gasteiger partial charge in [-0.05, 0) is 38.1 Å². The third kappa shape index (κ3) is 3.32. The van der Waals surface area contributed by atoms with E-state index in [2.05, 4.69) is 0 Å². The number of nitrogens with two attached hydrogens (primary N) is 1. The Hall–Kier alpha value is -2.25. The maximum Gasteiger partial charge on any atom is 0.297 e. The van der Waals surface area contributed by atoms with E-state index in [1.54, 1.807) is 24.3 Å². The summed E-state index contributed by atoms with van der Waals surface area (Å²) < 4.78 is 40.9. The Morgan fingerprint density at radius 3 is 2.58 bits per heavy atom. The summed E-state index contributed by atoms with van der Waals surface area (Å²) in [4.78, 5) is 0.116. The molecule has 1 unspecified atom stereocenters. The molecule has 0 fully saturated rings. The van der Waals surface area contributed by atoms with E-state index in [4.69, 9.17) is 19.4 Å². The van der Waals surface area contributed by atoms with E-state index in [0.717, 1.165) is 11.1 Å². The molecule has 2 aromatic rings. The fourth-order valence-electron chi connectivity index (χ4n) is 2.35. The molecule has 0 aromatic heterocycles. The first-order chi connectivity index (χ1) is 11.4.